The van der Waals surface area contributed by atoms with Crippen molar-refractivity contribution in [2.24, 2.45) is 11.3 Å². The molecule has 0 N–H and O–H groups in total. The van der Waals surface area contributed by atoms with Gasteiger partial charge in [0.1, 0.15) is 0 Å². The zero-order valence-electron chi connectivity index (χ0n) is 33.6. The molecule has 0 saturated heterocycles. The van der Waals surface area contributed by atoms with Crippen LogP contribution in [0.4, 0.5) is 26.3 Å². The summed E-state index contributed by atoms with van der Waals surface area (Å²) >= 11 is 0.898. The number of halogens is 6. The second-order valence-electron chi connectivity index (χ2n) is 17.4. The summed E-state index contributed by atoms with van der Waals surface area (Å²) in [7, 11) is 0. The molecular weight excluding hydrogens is 782 g/mol. The van der Waals surface area contributed by atoms with Gasteiger partial charge < -0.3 is 0 Å². The van der Waals surface area contributed by atoms with E-state index in [1.165, 1.54) is 76.1 Å². The Morgan fingerprint density at radius 2 is 1.13 bits per heavy atom. The summed E-state index contributed by atoms with van der Waals surface area (Å²) in [5.74, 6) is 0.587. The Hall–Kier alpha value is -3.31. The first kappa shape index (κ1) is 44.4. The van der Waals surface area contributed by atoms with Gasteiger partial charge in [-0.3, -0.25) is 6.08 Å². The zero-order chi connectivity index (χ0) is 41.1. The molecule has 0 bridgehead atoms. The van der Waals surface area contributed by atoms with Crippen LogP contribution in [-0.2, 0) is 53.8 Å². The molecule has 0 aromatic heterocycles. The number of benzene rings is 4. The van der Waals surface area contributed by atoms with E-state index in [0.29, 0.717) is 25.7 Å². The minimum atomic E-state index is -4.41. The summed E-state index contributed by atoms with van der Waals surface area (Å²) in [6.45, 7) is 22.6. The second-order valence-corrected chi connectivity index (χ2v) is 18.6. The standard InChI is InChI=1S/C21H25.C15H8F6.C12H19.Zr/c1-20(2,3)16-7-9-18-14(12-16)11-15-13-17(21(4,5)6)8-10-19(15)18;16-14(17,18)12-5-1-10(2-6-12)9-11-3-7-13(8-4-11)15(19,20)21;1-5-6-10-7-8-11(9-10)12(2,3)4;/h7-10,12H,11H2,1-6H3;1-8H;8-10H,5-6H2,1-4H3;/q-1;;-1;+2. The molecule has 0 heterocycles. The molecule has 290 valence electrons. The molecule has 0 saturated carbocycles. The van der Waals surface area contributed by atoms with Gasteiger partial charge in [-0.2, -0.15) is 35.4 Å². The van der Waals surface area contributed by atoms with Crippen LogP contribution >= 0.6 is 0 Å². The van der Waals surface area contributed by atoms with E-state index in [2.05, 4.69) is 124 Å². The van der Waals surface area contributed by atoms with E-state index < -0.39 is 23.5 Å². The number of fused-ring (bicyclic) bond motifs is 3. The predicted octanol–water partition coefficient (Wildman–Crippen LogP) is 14.2. The first-order chi connectivity index (χ1) is 25.3. The van der Waals surface area contributed by atoms with Crippen molar-refractivity contribution >= 4 is 3.21 Å². The van der Waals surface area contributed by atoms with Crippen LogP contribution in [0.15, 0.2) is 96.6 Å². The third kappa shape index (κ3) is 11.9. The average Bonchev–Trinajstić information content (AvgIpc) is 3.72. The van der Waals surface area contributed by atoms with Crippen LogP contribution in [0.5, 0.6) is 0 Å². The Kier molecular flexibility index (Phi) is 13.8. The summed E-state index contributed by atoms with van der Waals surface area (Å²) in [5, 5.41) is 0. The van der Waals surface area contributed by atoms with Crippen LogP contribution in [0, 0.1) is 23.5 Å². The van der Waals surface area contributed by atoms with Crippen molar-refractivity contribution in [1.29, 1.82) is 0 Å². The monoisotopic (exact) mass is 832 g/mol. The Bertz CT molecular complexity index is 1880. The maximum absolute atomic E-state index is 12.5. The molecule has 0 fully saturated rings. The Morgan fingerprint density at radius 1 is 0.636 bits per heavy atom. The van der Waals surface area contributed by atoms with Crippen molar-refractivity contribution < 1.29 is 50.6 Å². The van der Waals surface area contributed by atoms with Crippen molar-refractivity contribution in [3.63, 3.8) is 0 Å². The van der Waals surface area contributed by atoms with Gasteiger partial charge in [0, 0.05) is 0 Å². The molecule has 4 aromatic rings. The second kappa shape index (κ2) is 17.0. The molecule has 1 atom stereocenters. The van der Waals surface area contributed by atoms with Crippen molar-refractivity contribution in [2.45, 2.75) is 112 Å². The van der Waals surface area contributed by atoms with Crippen LogP contribution in [-0.4, -0.2) is 3.21 Å². The molecule has 6 rings (SSSR count). The van der Waals surface area contributed by atoms with E-state index in [-0.39, 0.29) is 10.8 Å². The van der Waals surface area contributed by atoms with Gasteiger partial charge >= 0.3 is 137 Å². The van der Waals surface area contributed by atoms with Gasteiger partial charge in [-0.1, -0.05) is 117 Å². The van der Waals surface area contributed by atoms with E-state index >= 15 is 0 Å². The number of allylic oxidation sites excluding steroid dienone is 4. The summed E-state index contributed by atoms with van der Waals surface area (Å²) in [6.07, 6.45) is 2.63. The van der Waals surface area contributed by atoms with Gasteiger partial charge in [0.05, 0.1) is 0 Å². The number of hydrogen-bond donors (Lipinski definition) is 0. The topological polar surface area (TPSA) is 0 Å². The fourth-order valence-electron chi connectivity index (χ4n) is 6.30. The van der Waals surface area contributed by atoms with Crippen LogP contribution < -0.4 is 0 Å². The van der Waals surface area contributed by atoms with Crippen molar-refractivity contribution in [2.75, 3.05) is 0 Å². The normalized spacial score (nSPS) is 15.3. The SMILES string of the molecule is CC(C)(C)c1[c-]c2c(cc1)-c1ccc(C(C)(C)C)cc1C2.CCCC1[C-]=CC(C(C)(C)C)=C1.FC(F)(F)c1ccc([C](=[Zr+2])c2ccc(C(F)(F)F)cc2)cc1. The Balaban J connectivity index is 0.000000192. The van der Waals surface area contributed by atoms with Crippen LogP contribution in [0.25, 0.3) is 11.1 Å². The maximum atomic E-state index is 12.5. The molecule has 1 unspecified atom stereocenters. The van der Waals surface area contributed by atoms with Gasteiger partial charge in [0.25, 0.3) is 0 Å². The average molecular weight is 834 g/mol. The first-order valence-electron chi connectivity index (χ1n) is 18.7. The van der Waals surface area contributed by atoms with Crippen molar-refractivity contribution in [1.82, 2.24) is 0 Å². The molecule has 2 aliphatic carbocycles. The van der Waals surface area contributed by atoms with E-state index in [0.717, 1.165) is 54.9 Å². The molecule has 7 heteroatoms. The van der Waals surface area contributed by atoms with E-state index in [1.54, 1.807) is 0 Å². The summed E-state index contributed by atoms with van der Waals surface area (Å²) < 4.78 is 75.6. The quantitative estimate of drug-likeness (QED) is 0.125. The van der Waals surface area contributed by atoms with Crippen molar-refractivity contribution in [3.8, 4) is 11.1 Å². The third-order valence-corrected chi connectivity index (χ3v) is 11.2. The van der Waals surface area contributed by atoms with E-state index in [1.807, 2.05) is 0 Å². The molecule has 0 spiro atoms. The van der Waals surface area contributed by atoms with Crippen LogP contribution in [0.1, 0.15) is 127 Å². The summed E-state index contributed by atoms with van der Waals surface area (Å²) in [5.41, 5.74) is 10.1. The van der Waals surface area contributed by atoms with Gasteiger partial charge in [0.2, 0.25) is 0 Å². The zero-order valence-corrected chi connectivity index (χ0v) is 36.1. The predicted molar refractivity (Wildman–Crippen MR) is 211 cm³/mol. The Labute approximate surface area is 339 Å². The number of alkyl halides is 6. The van der Waals surface area contributed by atoms with E-state index in [9.17, 15) is 26.3 Å². The molecule has 0 nitrogen and oxygen atoms in total. The van der Waals surface area contributed by atoms with Gasteiger partial charge in [0.15, 0.2) is 0 Å². The molecule has 0 radical (unpaired) electrons. The molecule has 55 heavy (non-hydrogen) atoms. The fraction of sp³-hybridized carbons (Fsp3) is 0.396. The Morgan fingerprint density at radius 3 is 1.55 bits per heavy atom. The third-order valence-electron chi connectivity index (χ3n) is 9.77. The molecule has 4 aromatic carbocycles. The molecular formula is C48H52F6Zr. The van der Waals surface area contributed by atoms with Crippen molar-refractivity contribution in [3.05, 3.63) is 153 Å². The first-order valence-corrected chi connectivity index (χ1v) is 20.0. The minimum absolute atomic E-state index is 0.167. The van der Waals surface area contributed by atoms with E-state index in [4.69, 9.17) is 0 Å². The van der Waals surface area contributed by atoms with Crippen LogP contribution in [0.2, 0.25) is 0 Å². The fourth-order valence-corrected chi connectivity index (χ4v) is 7.12. The van der Waals surface area contributed by atoms with Gasteiger partial charge in [-0.05, 0) is 28.4 Å². The molecule has 0 aliphatic heterocycles. The molecule has 0 amide bonds. The van der Waals surface area contributed by atoms with Crippen LogP contribution in [0.3, 0.4) is 0 Å². The number of rotatable bonds is 4. The number of hydrogen-bond acceptors (Lipinski definition) is 0. The van der Waals surface area contributed by atoms with Gasteiger partial charge in [-0.15, -0.1) is 11.1 Å². The summed E-state index contributed by atoms with van der Waals surface area (Å²) in [6, 6.07) is 24.3. The molecule has 2 aliphatic rings. The van der Waals surface area contributed by atoms with Gasteiger partial charge in [-0.25, -0.2) is 6.08 Å². The summed E-state index contributed by atoms with van der Waals surface area (Å²) in [4.78, 5) is 0.